The minimum Gasteiger partial charge on any atom is -0.336 e. The highest BCUT2D eigenvalue weighted by atomic mass is 79.9. The van der Waals surface area contributed by atoms with E-state index in [4.69, 9.17) is 0 Å². The van der Waals surface area contributed by atoms with Crippen molar-refractivity contribution in [1.82, 2.24) is 39.1 Å². The molecule has 0 aromatic carbocycles. The van der Waals surface area contributed by atoms with Gasteiger partial charge in [-0.3, -0.25) is 14.2 Å². The Morgan fingerprint density at radius 3 is 2.79 bits per heavy atom. The zero-order valence-corrected chi connectivity index (χ0v) is 17.3. The van der Waals surface area contributed by atoms with Gasteiger partial charge in [0.15, 0.2) is 11.3 Å². The molecule has 0 aliphatic carbocycles. The van der Waals surface area contributed by atoms with Gasteiger partial charge in [0, 0.05) is 57.4 Å². The van der Waals surface area contributed by atoms with E-state index in [2.05, 4.69) is 36.2 Å². The highest BCUT2D eigenvalue weighted by Crippen LogP contribution is 2.27. The van der Waals surface area contributed by atoms with E-state index in [1.54, 1.807) is 39.6 Å². The second-order valence-corrected chi connectivity index (χ2v) is 7.35. The Hall–Kier alpha value is -3.01. The van der Waals surface area contributed by atoms with E-state index in [9.17, 15) is 4.79 Å². The highest BCUT2D eigenvalue weighted by molar-refractivity contribution is 9.10. The number of rotatable bonds is 5. The summed E-state index contributed by atoms with van der Waals surface area (Å²) in [4.78, 5) is 18.8. The van der Waals surface area contributed by atoms with Gasteiger partial charge in [0.2, 0.25) is 0 Å². The molecule has 0 saturated heterocycles. The van der Waals surface area contributed by atoms with Crippen LogP contribution in [0.4, 0.5) is 0 Å². The predicted molar refractivity (Wildman–Crippen MR) is 107 cm³/mol. The van der Waals surface area contributed by atoms with Crippen LogP contribution in [0.3, 0.4) is 0 Å². The first kappa shape index (κ1) is 18.4. The van der Waals surface area contributed by atoms with Crippen molar-refractivity contribution in [2.45, 2.75) is 20.0 Å². The number of aryl methyl sites for hydroxylation is 2. The monoisotopic (exact) mass is 442 g/mol. The van der Waals surface area contributed by atoms with Crippen LogP contribution < -0.4 is 0 Å². The van der Waals surface area contributed by atoms with Crippen LogP contribution in [0.25, 0.3) is 17.0 Å². The molecule has 0 radical (unpaired) electrons. The van der Waals surface area contributed by atoms with E-state index < -0.39 is 0 Å². The lowest BCUT2D eigenvalue weighted by Gasteiger charge is -2.14. The molecule has 0 saturated carbocycles. The molecule has 0 unspecified atom stereocenters. The summed E-state index contributed by atoms with van der Waals surface area (Å²) in [7, 11) is 3.59. The Bertz CT molecular complexity index is 1160. The van der Waals surface area contributed by atoms with Crippen LogP contribution >= 0.6 is 15.9 Å². The molecule has 0 atom stereocenters. The van der Waals surface area contributed by atoms with Crippen molar-refractivity contribution in [2.75, 3.05) is 7.05 Å². The Morgan fingerprint density at radius 2 is 2.11 bits per heavy atom. The van der Waals surface area contributed by atoms with Crippen LogP contribution in [0.2, 0.25) is 0 Å². The van der Waals surface area contributed by atoms with E-state index in [1.807, 2.05) is 37.1 Å². The maximum absolute atomic E-state index is 12.9. The standard InChI is InChI=1S/C18H19BrN8O/c1-4-26-11-13(19)17(23-26)15-5-6-20-16-7-14(22-27(15)16)18(28)24(2)9-12-8-21-25(3)10-12/h5-8,10-11H,4,9H2,1-3H3. The van der Waals surface area contributed by atoms with Crippen molar-refractivity contribution in [2.24, 2.45) is 7.05 Å². The molecule has 10 heteroatoms. The number of hydrogen-bond donors (Lipinski definition) is 0. The number of nitrogens with zero attached hydrogens (tertiary/aromatic N) is 8. The molecule has 4 aromatic heterocycles. The maximum Gasteiger partial charge on any atom is 0.274 e. The zero-order chi connectivity index (χ0) is 19.8. The van der Waals surface area contributed by atoms with E-state index >= 15 is 0 Å². The molecule has 1 amide bonds. The zero-order valence-electron chi connectivity index (χ0n) is 15.7. The number of carbonyl (C=O) groups excluding carboxylic acids is 1. The summed E-state index contributed by atoms with van der Waals surface area (Å²) in [6.07, 6.45) is 7.24. The number of aromatic nitrogens is 7. The van der Waals surface area contributed by atoms with Crippen LogP contribution in [0.15, 0.2) is 41.4 Å². The number of amides is 1. The van der Waals surface area contributed by atoms with Gasteiger partial charge in [-0.2, -0.15) is 15.3 Å². The molecule has 9 nitrogen and oxygen atoms in total. The largest absolute Gasteiger partial charge is 0.336 e. The first-order chi connectivity index (χ1) is 13.5. The summed E-state index contributed by atoms with van der Waals surface area (Å²) < 4.78 is 6.06. The third-order valence-electron chi connectivity index (χ3n) is 4.39. The quantitative estimate of drug-likeness (QED) is 0.473. The Morgan fingerprint density at radius 1 is 1.29 bits per heavy atom. The highest BCUT2D eigenvalue weighted by Gasteiger charge is 2.20. The van der Waals surface area contributed by atoms with Crippen LogP contribution in [0.5, 0.6) is 0 Å². The van der Waals surface area contributed by atoms with E-state index in [-0.39, 0.29) is 5.91 Å². The lowest BCUT2D eigenvalue weighted by Crippen LogP contribution is -2.26. The fraction of sp³-hybridized carbons (Fsp3) is 0.278. The Balaban J connectivity index is 1.67. The third kappa shape index (κ3) is 3.31. The maximum atomic E-state index is 12.9. The van der Waals surface area contributed by atoms with Gasteiger partial charge in [-0.15, -0.1) is 0 Å². The molecule has 0 N–H and O–H groups in total. The lowest BCUT2D eigenvalue weighted by atomic mass is 10.3. The fourth-order valence-electron chi connectivity index (χ4n) is 3.01. The van der Waals surface area contributed by atoms with Crippen LogP contribution in [0.1, 0.15) is 23.0 Å². The molecular weight excluding hydrogens is 424 g/mol. The first-order valence-electron chi connectivity index (χ1n) is 8.77. The summed E-state index contributed by atoms with van der Waals surface area (Å²) in [6, 6.07) is 3.52. The van der Waals surface area contributed by atoms with E-state index in [0.29, 0.717) is 17.9 Å². The molecule has 4 rings (SSSR count). The molecule has 4 heterocycles. The van der Waals surface area contributed by atoms with Crippen molar-refractivity contribution in [3.05, 3.63) is 52.7 Å². The predicted octanol–water partition coefficient (Wildman–Crippen LogP) is 2.38. The second-order valence-electron chi connectivity index (χ2n) is 6.49. The average molecular weight is 443 g/mol. The third-order valence-corrected chi connectivity index (χ3v) is 4.97. The van der Waals surface area contributed by atoms with Gasteiger partial charge in [0.25, 0.3) is 5.91 Å². The smallest absolute Gasteiger partial charge is 0.274 e. The van der Waals surface area contributed by atoms with Gasteiger partial charge in [0.05, 0.1) is 16.4 Å². The van der Waals surface area contributed by atoms with Crippen molar-refractivity contribution in [3.8, 4) is 11.4 Å². The van der Waals surface area contributed by atoms with E-state index in [0.717, 1.165) is 28.0 Å². The molecule has 0 spiro atoms. The molecule has 0 bridgehead atoms. The summed E-state index contributed by atoms with van der Waals surface area (Å²) in [5.74, 6) is -0.182. The molecule has 4 aromatic rings. The minimum absolute atomic E-state index is 0.182. The number of fused-ring (bicyclic) bond motifs is 1. The molecule has 28 heavy (non-hydrogen) atoms. The number of carbonyl (C=O) groups is 1. The number of hydrogen-bond acceptors (Lipinski definition) is 5. The summed E-state index contributed by atoms with van der Waals surface area (Å²) >= 11 is 3.55. The summed E-state index contributed by atoms with van der Waals surface area (Å²) in [6.45, 7) is 3.23. The molecule has 0 fully saturated rings. The van der Waals surface area contributed by atoms with Crippen molar-refractivity contribution >= 4 is 27.5 Å². The van der Waals surface area contributed by atoms with Crippen molar-refractivity contribution < 1.29 is 4.79 Å². The van der Waals surface area contributed by atoms with Gasteiger partial charge < -0.3 is 4.90 Å². The van der Waals surface area contributed by atoms with E-state index in [1.165, 1.54) is 0 Å². The number of halogens is 1. The SMILES string of the molecule is CCn1cc(Br)c(-c2ccnc3cc(C(=O)N(C)Cc4cnn(C)c4)nn23)n1. The minimum atomic E-state index is -0.182. The normalized spacial score (nSPS) is 11.3. The van der Waals surface area contributed by atoms with Gasteiger partial charge in [-0.1, -0.05) is 0 Å². The van der Waals surface area contributed by atoms with Gasteiger partial charge in [-0.05, 0) is 28.9 Å². The fourth-order valence-corrected chi connectivity index (χ4v) is 3.53. The van der Waals surface area contributed by atoms with Crippen LogP contribution in [0, 0.1) is 0 Å². The summed E-state index contributed by atoms with van der Waals surface area (Å²) in [5.41, 5.74) is 3.39. The summed E-state index contributed by atoms with van der Waals surface area (Å²) in [5, 5.41) is 13.2. The van der Waals surface area contributed by atoms with Crippen LogP contribution in [-0.2, 0) is 20.1 Å². The molecule has 144 valence electrons. The van der Waals surface area contributed by atoms with Gasteiger partial charge in [0.1, 0.15) is 5.69 Å². The van der Waals surface area contributed by atoms with Crippen LogP contribution in [-0.4, -0.2) is 52.0 Å². The second kappa shape index (κ2) is 7.19. The lowest BCUT2D eigenvalue weighted by molar-refractivity contribution is 0.0779. The molecule has 0 aliphatic heterocycles. The molecule has 0 aliphatic rings. The van der Waals surface area contributed by atoms with Gasteiger partial charge in [-0.25, -0.2) is 9.50 Å². The first-order valence-corrected chi connectivity index (χ1v) is 9.56. The molecular formula is C18H19BrN8O. The average Bonchev–Trinajstić information content (AvgIpc) is 3.38. The Kier molecular flexibility index (Phi) is 4.71. The van der Waals surface area contributed by atoms with Gasteiger partial charge >= 0.3 is 0 Å². The van der Waals surface area contributed by atoms with Crippen molar-refractivity contribution in [1.29, 1.82) is 0 Å². The van der Waals surface area contributed by atoms with Crippen molar-refractivity contribution in [3.63, 3.8) is 0 Å². The topological polar surface area (TPSA) is 86.1 Å². The Labute approximate surface area is 169 Å².